The van der Waals surface area contributed by atoms with Crippen molar-refractivity contribution >= 4 is 17.5 Å². The Morgan fingerprint density at radius 1 is 1.06 bits per heavy atom. The van der Waals surface area contributed by atoms with Gasteiger partial charge in [0.2, 0.25) is 5.91 Å². The number of para-hydroxylation sites is 1. The van der Waals surface area contributed by atoms with E-state index in [1.807, 2.05) is 70.4 Å². The lowest BCUT2D eigenvalue weighted by Gasteiger charge is -2.31. The van der Waals surface area contributed by atoms with Gasteiger partial charge < -0.3 is 9.47 Å². The summed E-state index contributed by atoms with van der Waals surface area (Å²) in [4.78, 5) is 15.3. The summed E-state index contributed by atoms with van der Waals surface area (Å²) in [5, 5.41) is 13.9. The van der Waals surface area contributed by atoms with Crippen molar-refractivity contribution in [1.82, 2.24) is 29.4 Å². The Labute approximate surface area is 204 Å². The predicted octanol–water partition coefficient (Wildman–Crippen LogP) is 4.75. The molecule has 34 heavy (non-hydrogen) atoms. The molecule has 0 unspecified atom stereocenters. The number of likely N-dealkylation sites (tertiary alicyclic amines) is 1. The van der Waals surface area contributed by atoms with Crippen LogP contribution in [0.5, 0.6) is 0 Å². The highest BCUT2D eigenvalue weighted by molar-refractivity contribution is 6.30. The highest BCUT2D eigenvalue weighted by atomic mass is 35.5. The lowest BCUT2D eigenvalue weighted by Crippen LogP contribution is -2.39. The monoisotopic (exact) mass is 474 g/mol. The van der Waals surface area contributed by atoms with Crippen LogP contribution in [0.1, 0.15) is 37.1 Å². The van der Waals surface area contributed by atoms with Gasteiger partial charge in [0.15, 0.2) is 0 Å². The average molecular weight is 475 g/mol. The Morgan fingerprint density at radius 3 is 2.50 bits per heavy atom. The molecule has 1 fully saturated rings. The molecular weight excluding hydrogens is 448 g/mol. The maximum absolute atomic E-state index is 13.3. The van der Waals surface area contributed by atoms with E-state index < -0.39 is 0 Å². The van der Waals surface area contributed by atoms with E-state index in [0.29, 0.717) is 17.4 Å². The van der Waals surface area contributed by atoms with Gasteiger partial charge in [-0.15, -0.1) is 10.2 Å². The van der Waals surface area contributed by atoms with Gasteiger partial charge in [-0.05, 0) is 44.0 Å². The van der Waals surface area contributed by atoms with Gasteiger partial charge in [0.05, 0.1) is 17.8 Å². The number of benzene rings is 2. The molecule has 0 aliphatic carbocycles. The van der Waals surface area contributed by atoms with Gasteiger partial charge in [0.25, 0.3) is 0 Å². The van der Waals surface area contributed by atoms with E-state index in [2.05, 4.69) is 21.7 Å². The second kappa shape index (κ2) is 9.81. The summed E-state index contributed by atoms with van der Waals surface area (Å²) >= 11 is 6.10. The first kappa shape index (κ1) is 22.3. The number of aromatic nitrogens is 5. The second-order valence-corrected chi connectivity index (χ2v) is 9.03. The minimum atomic E-state index is 0.123. The molecule has 2 aromatic heterocycles. The molecule has 7 nitrogen and oxygen atoms in total. The zero-order valence-corrected chi connectivity index (χ0v) is 19.9. The zero-order chi connectivity index (χ0) is 23.5. The summed E-state index contributed by atoms with van der Waals surface area (Å²) < 4.78 is 3.94. The van der Waals surface area contributed by atoms with Crippen molar-refractivity contribution in [1.29, 1.82) is 0 Å². The molecule has 4 aromatic rings. The van der Waals surface area contributed by atoms with E-state index >= 15 is 0 Å². The third kappa shape index (κ3) is 4.61. The number of amides is 1. The van der Waals surface area contributed by atoms with Crippen molar-refractivity contribution in [3.05, 3.63) is 83.5 Å². The first-order valence-corrected chi connectivity index (χ1v) is 12.1. The van der Waals surface area contributed by atoms with E-state index in [0.717, 1.165) is 60.8 Å². The summed E-state index contributed by atoms with van der Waals surface area (Å²) in [6, 6.07) is 17.5. The van der Waals surface area contributed by atoms with Crippen LogP contribution in [0.2, 0.25) is 5.02 Å². The fourth-order valence-corrected chi connectivity index (χ4v) is 4.71. The highest BCUT2D eigenvalue weighted by Crippen LogP contribution is 2.29. The molecular formula is C26H27ClN6O. The number of hydrogen-bond acceptors (Lipinski definition) is 4. The predicted molar refractivity (Wildman–Crippen MR) is 132 cm³/mol. The van der Waals surface area contributed by atoms with Crippen molar-refractivity contribution < 1.29 is 4.79 Å². The topological polar surface area (TPSA) is 68.8 Å². The SMILES string of the molecule is CCn1cnnc1C1CCN(C(=O)Cc2cn(-c3ccccc3)nc2-c2ccc(Cl)cc2)CC1. The van der Waals surface area contributed by atoms with Crippen LogP contribution in [0, 0.1) is 0 Å². The summed E-state index contributed by atoms with van der Waals surface area (Å²) in [6.07, 6.45) is 5.86. The van der Waals surface area contributed by atoms with Crippen molar-refractivity contribution in [2.75, 3.05) is 13.1 Å². The molecule has 2 aromatic carbocycles. The number of nitrogens with zero attached hydrogens (tertiary/aromatic N) is 6. The Bertz CT molecular complexity index is 1260. The first-order valence-electron chi connectivity index (χ1n) is 11.7. The van der Waals surface area contributed by atoms with E-state index in [9.17, 15) is 4.79 Å². The Kier molecular flexibility index (Phi) is 6.45. The molecule has 1 saturated heterocycles. The molecule has 1 aliphatic heterocycles. The normalized spacial score (nSPS) is 14.5. The lowest BCUT2D eigenvalue weighted by atomic mass is 9.95. The van der Waals surface area contributed by atoms with Crippen LogP contribution in [0.15, 0.2) is 67.1 Å². The molecule has 8 heteroatoms. The minimum absolute atomic E-state index is 0.123. The average Bonchev–Trinajstić information content (AvgIpc) is 3.52. The van der Waals surface area contributed by atoms with Crippen LogP contribution < -0.4 is 0 Å². The Balaban J connectivity index is 1.34. The number of carbonyl (C=O) groups excluding carboxylic acids is 1. The largest absolute Gasteiger partial charge is 0.342 e. The number of halogens is 1. The van der Waals surface area contributed by atoms with E-state index in [-0.39, 0.29) is 5.91 Å². The van der Waals surface area contributed by atoms with E-state index in [4.69, 9.17) is 16.7 Å². The molecule has 0 saturated carbocycles. The molecule has 0 atom stereocenters. The van der Waals surface area contributed by atoms with Crippen LogP contribution in [0.4, 0.5) is 0 Å². The molecule has 0 bridgehead atoms. The van der Waals surface area contributed by atoms with Gasteiger partial charge in [-0.1, -0.05) is 41.9 Å². The molecule has 1 amide bonds. The fourth-order valence-electron chi connectivity index (χ4n) is 4.59. The summed E-state index contributed by atoms with van der Waals surface area (Å²) in [5.74, 6) is 1.50. The van der Waals surface area contributed by atoms with E-state index in [1.54, 1.807) is 6.33 Å². The quantitative estimate of drug-likeness (QED) is 0.404. The van der Waals surface area contributed by atoms with Crippen LogP contribution >= 0.6 is 11.6 Å². The van der Waals surface area contributed by atoms with Crippen molar-refractivity contribution in [2.24, 2.45) is 0 Å². The summed E-state index contributed by atoms with van der Waals surface area (Å²) in [6.45, 7) is 4.41. The molecule has 3 heterocycles. The maximum Gasteiger partial charge on any atom is 0.227 e. The highest BCUT2D eigenvalue weighted by Gasteiger charge is 2.27. The van der Waals surface area contributed by atoms with Crippen molar-refractivity contribution in [3.63, 3.8) is 0 Å². The zero-order valence-electron chi connectivity index (χ0n) is 19.1. The van der Waals surface area contributed by atoms with E-state index in [1.165, 1.54) is 0 Å². The summed E-state index contributed by atoms with van der Waals surface area (Å²) in [5.41, 5.74) is 3.61. The van der Waals surface area contributed by atoms with Crippen molar-refractivity contribution in [3.8, 4) is 16.9 Å². The maximum atomic E-state index is 13.3. The second-order valence-electron chi connectivity index (χ2n) is 8.60. The smallest absolute Gasteiger partial charge is 0.227 e. The van der Waals surface area contributed by atoms with Gasteiger partial charge in [-0.3, -0.25) is 4.79 Å². The number of hydrogen-bond donors (Lipinski definition) is 0. The molecule has 1 aliphatic rings. The lowest BCUT2D eigenvalue weighted by molar-refractivity contribution is -0.131. The summed E-state index contributed by atoms with van der Waals surface area (Å²) in [7, 11) is 0. The van der Waals surface area contributed by atoms with Gasteiger partial charge in [-0.25, -0.2) is 4.68 Å². The third-order valence-electron chi connectivity index (χ3n) is 6.47. The number of rotatable bonds is 6. The third-order valence-corrected chi connectivity index (χ3v) is 6.72. The van der Waals surface area contributed by atoms with Crippen LogP contribution in [-0.4, -0.2) is 48.4 Å². The Hall–Kier alpha value is -3.45. The van der Waals surface area contributed by atoms with Crippen LogP contribution in [-0.2, 0) is 17.8 Å². The first-order chi connectivity index (χ1) is 16.6. The van der Waals surface area contributed by atoms with Crippen LogP contribution in [0.3, 0.4) is 0 Å². The van der Waals surface area contributed by atoms with Crippen LogP contribution in [0.25, 0.3) is 16.9 Å². The molecule has 0 radical (unpaired) electrons. The number of aryl methyl sites for hydroxylation is 1. The molecule has 174 valence electrons. The van der Waals surface area contributed by atoms with Gasteiger partial charge >= 0.3 is 0 Å². The molecule has 0 N–H and O–H groups in total. The van der Waals surface area contributed by atoms with Gasteiger partial charge in [0, 0.05) is 47.9 Å². The molecule has 5 rings (SSSR count). The Morgan fingerprint density at radius 2 is 1.79 bits per heavy atom. The van der Waals surface area contributed by atoms with Gasteiger partial charge in [-0.2, -0.15) is 5.10 Å². The van der Waals surface area contributed by atoms with Crippen molar-refractivity contribution in [2.45, 2.75) is 38.6 Å². The fraction of sp³-hybridized carbons (Fsp3) is 0.308. The van der Waals surface area contributed by atoms with Gasteiger partial charge in [0.1, 0.15) is 12.2 Å². The minimum Gasteiger partial charge on any atom is -0.342 e. The number of carbonyl (C=O) groups is 1. The number of piperidine rings is 1. The molecule has 0 spiro atoms. The standard InChI is InChI=1S/C26H27ClN6O/c1-2-31-18-28-29-26(31)20-12-14-32(15-13-20)24(34)16-21-17-33(23-6-4-3-5-7-23)30-25(21)19-8-10-22(27)11-9-19/h3-11,17-18,20H,2,12-16H2,1H3.